The normalized spacial score (nSPS) is 13.6. The van der Waals surface area contributed by atoms with E-state index in [4.69, 9.17) is 4.74 Å². The number of aromatic nitrogens is 3. The van der Waals surface area contributed by atoms with Gasteiger partial charge in [-0.2, -0.15) is 0 Å². The van der Waals surface area contributed by atoms with Gasteiger partial charge in [-0.15, -0.1) is 5.10 Å². The molecule has 1 heterocycles. The molecule has 1 atom stereocenters. The first-order chi connectivity index (χ1) is 6.16. The summed E-state index contributed by atoms with van der Waals surface area (Å²) in [6, 6.07) is 0.198. The first-order valence-corrected chi connectivity index (χ1v) is 4.24. The summed E-state index contributed by atoms with van der Waals surface area (Å²) in [7, 11) is 1.55. The molecule has 1 aromatic heterocycles. The van der Waals surface area contributed by atoms with Crippen molar-refractivity contribution in [2.45, 2.75) is 26.0 Å². The molecule has 1 N–H and O–H groups in total. The van der Waals surface area contributed by atoms with Crippen molar-refractivity contribution in [3.8, 4) is 0 Å². The second kappa shape index (κ2) is 4.34. The largest absolute Gasteiger partial charge is 0.384 e. The van der Waals surface area contributed by atoms with Gasteiger partial charge in [0, 0.05) is 13.2 Å². The van der Waals surface area contributed by atoms with Crippen molar-refractivity contribution >= 4 is 0 Å². The van der Waals surface area contributed by atoms with Gasteiger partial charge in [-0.3, -0.25) is 0 Å². The molecule has 1 unspecified atom stereocenters. The van der Waals surface area contributed by atoms with Crippen LogP contribution in [0.2, 0.25) is 0 Å². The average Bonchev–Trinajstić information content (AvgIpc) is 2.52. The van der Waals surface area contributed by atoms with Crippen LogP contribution in [0.25, 0.3) is 0 Å². The van der Waals surface area contributed by atoms with E-state index in [-0.39, 0.29) is 12.6 Å². The maximum absolute atomic E-state index is 9.61. The van der Waals surface area contributed by atoms with Crippen LogP contribution >= 0.6 is 0 Å². The van der Waals surface area contributed by atoms with Crippen molar-refractivity contribution in [2.24, 2.45) is 0 Å². The molecule has 74 valence electrons. The highest BCUT2D eigenvalue weighted by Gasteiger charge is 2.15. The lowest BCUT2D eigenvalue weighted by molar-refractivity contribution is 0.0578. The van der Waals surface area contributed by atoms with Crippen LogP contribution in [-0.2, 0) is 4.74 Å². The van der Waals surface area contributed by atoms with Crippen LogP contribution in [0.1, 0.15) is 31.7 Å². The summed E-state index contributed by atoms with van der Waals surface area (Å²) in [6.45, 7) is 4.23. The fourth-order valence-corrected chi connectivity index (χ4v) is 1.13. The Morgan fingerprint density at radius 3 is 2.85 bits per heavy atom. The Labute approximate surface area is 77.3 Å². The van der Waals surface area contributed by atoms with Gasteiger partial charge in [0.05, 0.1) is 18.5 Å². The van der Waals surface area contributed by atoms with E-state index in [2.05, 4.69) is 10.3 Å². The quantitative estimate of drug-likeness (QED) is 0.743. The fraction of sp³-hybridized carbons (Fsp3) is 0.750. The number of aliphatic hydroxyl groups excluding tert-OH is 1. The van der Waals surface area contributed by atoms with E-state index in [0.717, 1.165) is 0 Å². The number of ether oxygens (including phenoxy) is 1. The molecule has 0 amide bonds. The highest BCUT2D eigenvalue weighted by atomic mass is 16.5. The van der Waals surface area contributed by atoms with E-state index < -0.39 is 6.10 Å². The maximum atomic E-state index is 9.61. The zero-order valence-corrected chi connectivity index (χ0v) is 8.14. The lowest BCUT2D eigenvalue weighted by Gasteiger charge is -2.13. The summed E-state index contributed by atoms with van der Waals surface area (Å²) in [5.74, 6) is 0. The zero-order chi connectivity index (χ0) is 9.84. The monoisotopic (exact) mass is 185 g/mol. The number of methoxy groups -OCH3 is 1. The van der Waals surface area contributed by atoms with Crippen molar-refractivity contribution in [3.05, 3.63) is 11.9 Å². The van der Waals surface area contributed by atoms with Gasteiger partial charge < -0.3 is 9.84 Å². The lowest BCUT2D eigenvalue weighted by atomic mass is 10.2. The summed E-state index contributed by atoms with van der Waals surface area (Å²) < 4.78 is 6.53. The van der Waals surface area contributed by atoms with Crippen molar-refractivity contribution in [1.82, 2.24) is 15.0 Å². The van der Waals surface area contributed by atoms with E-state index in [0.29, 0.717) is 5.69 Å². The summed E-state index contributed by atoms with van der Waals surface area (Å²) in [4.78, 5) is 0. The Balaban J connectivity index is 2.80. The molecule has 5 nitrogen and oxygen atoms in total. The molecule has 0 aliphatic heterocycles. The van der Waals surface area contributed by atoms with E-state index in [1.54, 1.807) is 18.0 Å². The molecule has 0 bridgehead atoms. The molecule has 1 rings (SSSR count). The van der Waals surface area contributed by atoms with Crippen LogP contribution in [0.3, 0.4) is 0 Å². The van der Waals surface area contributed by atoms with Gasteiger partial charge in [0.1, 0.15) is 6.10 Å². The molecular formula is C8H15N3O2. The Hall–Kier alpha value is -0.940. The number of nitrogens with zero attached hydrogens (tertiary/aromatic N) is 3. The molecule has 0 radical (unpaired) electrons. The highest BCUT2D eigenvalue weighted by molar-refractivity contribution is 4.99. The van der Waals surface area contributed by atoms with Crippen molar-refractivity contribution < 1.29 is 9.84 Å². The van der Waals surface area contributed by atoms with Gasteiger partial charge in [0.15, 0.2) is 0 Å². The maximum Gasteiger partial charge on any atom is 0.120 e. The van der Waals surface area contributed by atoms with E-state index >= 15 is 0 Å². The molecule has 13 heavy (non-hydrogen) atoms. The topological polar surface area (TPSA) is 60.2 Å². The highest BCUT2D eigenvalue weighted by Crippen LogP contribution is 2.14. The number of aliphatic hydroxyl groups is 1. The summed E-state index contributed by atoms with van der Waals surface area (Å²) in [5.41, 5.74) is 0.692. The lowest BCUT2D eigenvalue weighted by Crippen LogP contribution is -2.14. The summed E-state index contributed by atoms with van der Waals surface area (Å²) in [5, 5.41) is 17.2. The van der Waals surface area contributed by atoms with Gasteiger partial charge in [0.25, 0.3) is 0 Å². The van der Waals surface area contributed by atoms with Gasteiger partial charge >= 0.3 is 0 Å². The molecule has 0 aromatic carbocycles. The molecule has 0 aliphatic carbocycles. The fourth-order valence-electron chi connectivity index (χ4n) is 1.13. The number of hydrogen-bond donors (Lipinski definition) is 1. The van der Waals surface area contributed by atoms with Crippen molar-refractivity contribution in [2.75, 3.05) is 13.7 Å². The van der Waals surface area contributed by atoms with Gasteiger partial charge in [0.2, 0.25) is 0 Å². The molecule has 0 saturated heterocycles. The van der Waals surface area contributed by atoms with Crippen molar-refractivity contribution in [3.63, 3.8) is 0 Å². The second-order valence-corrected chi connectivity index (χ2v) is 3.17. The minimum absolute atomic E-state index is 0.198. The molecule has 5 heteroatoms. The Bertz CT molecular complexity index is 260. The first-order valence-electron chi connectivity index (χ1n) is 4.24. The predicted octanol–water partition coefficient (Wildman–Crippen LogP) is 0.539. The molecule has 0 fully saturated rings. The van der Waals surface area contributed by atoms with Crippen LogP contribution in [-0.4, -0.2) is 33.8 Å². The van der Waals surface area contributed by atoms with E-state index in [1.165, 1.54) is 0 Å². The summed E-state index contributed by atoms with van der Waals surface area (Å²) in [6.07, 6.45) is 0.909. The molecule has 1 aromatic rings. The van der Waals surface area contributed by atoms with Gasteiger partial charge in [-0.1, -0.05) is 5.21 Å². The third-order valence-electron chi connectivity index (χ3n) is 1.76. The SMILES string of the molecule is COCC(O)c1cnnn1C(C)C. The standard InChI is InChI=1S/C8H15N3O2/c1-6(2)11-7(4-9-10-11)8(12)5-13-3/h4,6,8,12H,5H2,1-3H3. The smallest absolute Gasteiger partial charge is 0.120 e. The van der Waals surface area contributed by atoms with E-state index in [1.807, 2.05) is 13.8 Å². The average molecular weight is 185 g/mol. The summed E-state index contributed by atoms with van der Waals surface area (Å²) >= 11 is 0. The van der Waals surface area contributed by atoms with Crippen LogP contribution < -0.4 is 0 Å². The van der Waals surface area contributed by atoms with E-state index in [9.17, 15) is 5.11 Å². The van der Waals surface area contributed by atoms with Gasteiger partial charge in [-0.25, -0.2) is 4.68 Å². The zero-order valence-electron chi connectivity index (χ0n) is 8.14. The van der Waals surface area contributed by atoms with Crippen LogP contribution in [0, 0.1) is 0 Å². The molecule has 0 aliphatic rings. The Morgan fingerprint density at radius 1 is 1.62 bits per heavy atom. The Morgan fingerprint density at radius 2 is 2.31 bits per heavy atom. The predicted molar refractivity (Wildman–Crippen MR) is 47.2 cm³/mol. The number of rotatable bonds is 4. The Kier molecular flexibility index (Phi) is 3.39. The minimum atomic E-state index is -0.651. The third kappa shape index (κ3) is 2.26. The molecule has 0 spiro atoms. The third-order valence-corrected chi connectivity index (χ3v) is 1.76. The molecular weight excluding hydrogens is 170 g/mol. The van der Waals surface area contributed by atoms with Gasteiger partial charge in [-0.05, 0) is 13.8 Å². The van der Waals surface area contributed by atoms with Crippen LogP contribution in [0.15, 0.2) is 6.20 Å². The second-order valence-electron chi connectivity index (χ2n) is 3.17. The minimum Gasteiger partial charge on any atom is -0.384 e. The number of hydrogen-bond acceptors (Lipinski definition) is 4. The van der Waals surface area contributed by atoms with Crippen LogP contribution in [0.5, 0.6) is 0 Å². The van der Waals surface area contributed by atoms with Crippen molar-refractivity contribution in [1.29, 1.82) is 0 Å². The first kappa shape index (κ1) is 10.1. The molecule has 0 saturated carbocycles. The van der Waals surface area contributed by atoms with Crippen LogP contribution in [0.4, 0.5) is 0 Å².